The molecule has 0 aliphatic carbocycles. The van der Waals surface area contributed by atoms with Crippen LogP contribution in [-0.4, -0.2) is 24.2 Å². The van der Waals surface area contributed by atoms with Crippen molar-refractivity contribution in [3.8, 4) is 11.8 Å². The molecule has 23 heavy (non-hydrogen) atoms. The molecule has 7 heteroatoms. The molecule has 2 rings (SSSR count). The highest BCUT2D eigenvalue weighted by molar-refractivity contribution is 8.03. The van der Waals surface area contributed by atoms with Gasteiger partial charge in [-0.2, -0.15) is 5.26 Å². The molecule has 1 heterocycles. The number of amides is 2. The fourth-order valence-corrected chi connectivity index (χ4v) is 3.14. The summed E-state index contributed by atoms with van der Waals surface area (Å²) in [6, 6.07) is 9.48. The number of nitrogens with two attached hydrogens (primary N) is 1. The molecule has 3 N–H and O–H groups in total. The normalized spacial score (nSPS) is 17.4. The van der Waals surface area contributed by atoms with Crippen LogP contribution in [0.25, 0.3) is 0 Å². The van der Waals surface area contributed by atoms with Crippen LogP contribution in [0.1, 0.15) is 24.8 Å². The Morgan fingerprint density at radius 1 is 1.48 bits per heavy atom. The van der Waals surface area contributed by atoms with Gasteiger partial charge in [-0.05, 0) is 24.6 Å². The minimum atomic E-state index is -0.503. The Labute approximate surface area is 138 Å². The fraction of sp³-hybridized carbons (Fsp3) is 0.312. The standard InChI is InChI=1S/C16H17N3O3S/c1-2-22-11-5-3-10(4-6-11)12-7-15(21)19-16(13(12)8-17)23-9-14(18)20/h3-6,12H,2,7,9H2,1H3,(H2,18,20)(H,19,21)/t12-/m0/s1. The Bertz CT molecular complexity index is 677. The van der Waals surface area contributed by atoms with Crippen molar-refractivity contribution >= 4 is 23.6 Å². The van der Waals surface area contributed by atoms with E-state index in [0.717, 1.165) is 23.1 Å². The highest BCUT2D eigenvalue weighted by Gasteiger charge is 2.29. The Balaban J connectivity index is 2.31. The molecule has 1 atom stereocenters. The first-order valence-electron chi connectivity index (χ1n) is 7.13. The molecule has 6 nitrogen and oxygen atoms in total. The van der Waals surface area contributed by atoms with Gasteiger partial charge in [0.15, 0.2) is 0 Å². The molecule has 0 radical (unpaired) electrons. The molecule has 1 aromatic rings. The van der Waals surface area contributed by atoms with Crippen LogP contribution in [0, 0.1) is 11.3 Å². The maximum absolute atomic E-state index is 11.9. The second-order valence-corrected chi connectivity index (χ2v) is 5.90. The lowest BCUT2D eigenvalue weighted by Crippen LogP contribution is -2.31. The molecule has 120 valence electrons. The van der Waals surface area contributed by atoms with Crippen molar-refractivity contribution in [2.75, 3.05) is 12.4 Å². The Morgan fingerprint density at radius 3 is 2.74 bits per heavy atom. The molecule has 0 spiro atoms. The first kappa shape index (κ1) is 16.9. The van der Waals surface area contributed by atoms with Crippen LogP contribution in [0.4, 0.5) is 0 Å². The Morgan fingerprint density at radius 2 is 2.17 bits per heavy atom. The van der Waals surface area contributed by atoms with E-state index in [0.29, 0.717) is 17.2 Å². The largest absolute Gasteiger partial charge is 0.494 e. The van der Waals surface area contributed by atoms with Crippen LogP contribution in [0.2, 0.25) is 0 Å². The van der Waals surface area contributed by atoms with Crippen LogP contribution >= 0.6 is 11.8 Å². The smallest absolute Gasteiger partial charge is 0.227 e. The maximum Gasteiger partial charge on any atom is 0.227 e. The number of thioether (sulfide) groups is 1. The average molecular weight is 331 g/mol. The zero-order valence-electron chi connectivity index (χ0n) is 12.7. The first-order valence-corrected chi connectivity index (χ1v) is 8.11. The summed E-state index contributed by atoms with van der Waals surface area (Å²) in [5.41, 5.74) is 6.43. The number of allylic oxidation sites excluding steroid dienone is 1. The summed E-state index contributed by atoms with van der Waals surface area (Å²) in [7, 11) is 0. The lowest BCUT2D eigenvalue weighted by atomic mass is 9.87. The minimum absolute atomic E-state index is 0.0107. The number of carbonyl (C=O) groups excluding carboxylic acids is 2. The topological polar surface area (TPSA) is 105 Å². The molecule has 2 amide bonds. The molecule has 0 saturated heterocycles. The number of ether oxygens (including phenoxy) is 1. The van der Waals surface area contributed by atoms with Gasteiger partial charge in [0.05, 0.1) is 29.0 Å². The van der Waals surface area contributed by atoms with Crippen molar-refractivity contribution in [1.82, 2.24) is 5.32 Å². The monoisotopic (exact) mass is 331 g/mol. The Hall–Kier alpha value is -2.46. The molecule has 0 saturated carbocycles. The van der Waals surface area contributed by atoms with Gasteiger partial charge in [-0.25, -0.2) is 0 Å². The molecular formula is C16H17N3O3S. The SMILES string of the molecule is CCOc1ccc([C@@H]2CC(=O)NC(SCC(N)=O)=C2C#N)cc1. The lowest BCUT2D eigenvalue weighted by Gasteiger charge is -2.25. The van der Waals surface area contributed by atoms with Gasteiger partial charge in [0.1, 0.15) is 5.75 Å². The summed E-state index contributed by atoms with van der Waals surface area (Å²) in [6.07, 6.45) is 0.192. The quantitative estimate of drug-likeness (QED) is 0.824. The van der Waals surface area contributed by atoms with E-state index in [1.807, 2.05) is 31.2 Å². The predicted molar refractivity (Wildman–Crippen MR) is 87.4 cm³/mol. The van der Waals surface area contributed by atoms with Crippen molar-refractivity contribution in [3.05, 3.63) is 40.4 Å². The molecule has 0 fully saturated rings. The van der Waals surface area contributed by atoms with E-state index in [1.165, 1.54) is 0 Å². The van der Waals surface area contributed by atoms with Crippen LogP contribution in [-0.2, 0) is 9.59 Å². The molecule has 0 aromatic heterocycles. The second kappa shape index (κ2) is 7.70. The number of hydrogen-bond donors (Lipinski definition) is 2. The van der Waals surface area contributed by atoms with Crippen LogP contribution in [0.15, 0.2) is 34.9 Å². The van der Waals surface area contributed by atoms with E-state index in [9.17, 15) is 14.9 Å². The van der Waals surface area contributed by atoms with Gasteiger partial charge in [-0.3, -0.25) is 9.59 Å². The minimum Gasteiger partial charge on any atom is -0.494 e. The third kappa shape index (κ3) is 4.27. The Kier molecular flexibility index (Phi) is 5.66. The summed E-state index contributed by atoms with van der Waals surface area (Å²) in [5.74, 6) is -0.272. The number of nitrogens with zero attached hydrogens (tertiary/aromatic N) is 1. The zero-order valence-corrected chi connectivity index (χ0v) is 13.5. The number of nitriles is 1. The molecule has 0 bridgehead atoms. The predicted octanol–water partition coefficient (Wildman–Crippen LogP) is 1.64. The van der Waals surface area contributed by atoms with Gasteiger partial charge in [0.2, 0.25) is 11.8 Å². The maximum atomic E-state index is 11.9. The van der Waals surface area contributed by atoms with Crippen LogP contribution < -0.4 is 15.8 Å². The highest BCUT2D eigenvalue weighted by atomic mass is 32.2. The van der Waals surface area contributed by atoms with E-state index in [-0.39, 0.29) is 24.0 Å². The van der Waals surface area contributed by atoms with E-state index in [1.54, 1.807) is 0 Å². The van der Waals surface area contributed by atoms with E-state index >= 15 is 0 Å². The molecule has 0 unspecified atom stereocenters. The number of benzene rings is 1. The second-order valence-electron chi connectivity index (χ2n) is 4.92. The number of rotatable bonds is 6. The van der Waals surface area contributed by atoms with E-state index in [2.05, 4.69) is 11.4 Å². The number of carbonyl (C=O) groups is 2. The number of hydrogen-bond acceptors (Lipinski definition) is 5. The molecule has 1 aliphatic rings. The van der Waals surface area contributed by atoms with Gasteiger partial charge in [0, 0.05) is 12.3 Å². The third-order valence-electron chi connectivity index (χ3n) is 3.31. The van der Waals surface area contributed by atoms with Crippen molar-refractivity contribution in [2.24, 2.45) is 5.73 Å². The van der Waals surface area contributed by atoms with E-state index in [4.69, 9.17) is 10.5 Å². The zero-order chi connectivity index (χ0) is 16.8. The lowest BCUT2D eigenvalue weighted by molar-refractivity contribution is -0.121. The third-order valence-corrected chi connectivity index (χ3v) is 4.35. The molecule has 1 aliphatic heterocycles. The first-order chi connectivity index (χ1) is 11.0. The average Bonchev–Trinajstić information content (AvgIpc) is 2.53. The van der Waals surface area contributed by atoms with E-state index < -0.39 is 5.91 Å². The van der Waals surface area contributed by atoms with Gasteiger partial charge in [0.25, 0.3) is 0 Å². The van der Waals surface area contributed by atoms with Crippen molar-refractivity contribution in [3.63, 3.8) is 0 Å². The van der Waals surface area contributed by atoms with Crippen LogP contribution in [0.5, 0.6) is 5.75 Å². The van der Waals surface area contributed by atoms with Crippen molar-refractivity contribution in [2.45, 2.75) is 19.3 Å². The summed E-state index contributed by atoms with van der Waals surface area (Å²) in [5, 5.41) is 12.5. The summed E-state index contributed by atoms with van der Waals surface area (Å²) in [4.78, 5) is 22.9. The summed E-state index contributed by atoms with van der Waals surface area (Å²) in [6.45, 7) is 2.47. The van der Waals surface area contributed by atoms with Gasteiger partial charge >= 0.3 is 0 Å². The van der Waals surface area contributed by atoms with Crippen molar-refractivity contribution in [1.29, 1.82) is 5.26 Å². The van der Waals surface area contributed by atoms with Crippen LogP contribution in [0.3, 0.4) is 0 Å². The number of nitrogens with one attached hydrogen (secondary N) is 1. The summed E-state index contributed by atoms with van der Waals surface area (Å²) >= 11 is 1.08. The van der Waals surface area contributed by atoms with Gasteiger partial charge in [-0.1, -0.05) is 23.9 Å². The van der Waals surface area contributed by atoms with Gasteiger partial charge < -0.3 is 15.8 Å². The van der Waals surface area contributed by atoms with Gasteiger partial charge in [-0.15, -0.1) is 0 Å². The highest BCUT2D eigenvalue weighted by Crippen LogP contribution is 2.36. The number of primary amides is 1. The fourth-order valence-electron chi connectivity index (χ4n) is 2.32. The summed E-state index contributed by atoms with van der Waals surface area (Å²) < 4.78 is 5.40. The molecular weight excluding hydrogens is 314 g/mol. The molecule has 1 aromatic carbocycles. The van der Waals surface area contributed by atoms with Crippen molar-refractivity contribution < 1.29 is 14.3 Å².